The van der Waals surface area contributed by atoms with Crippen molar-refractivity contribution < 1.29 is 5.11 Å². The molecule has 1 aromatic heterocycles. The highest BCUT2D eigenvalue weighted by atomic mass is 35.5. The molecule has 19 heavy (non-hydrogen) atoms. The summed E-state index contributed by atoms with van der Waals surface area (Å²) in [6.45, 7) is 0. The van der Waals surface area contributed by atoms with Gasteiger partial charge in [0.2, 0.25) is 0 Å². The number of H-pyrrole nitrogens is 1. The van der Waals surface area contributed by atoms with Crippen LogP contribution in [-0.2, 0) is 0 Å². The molecule has 0 saturated heterocycles. The minimum Gasteiger partial charge on any atom is -0.507 e. The molecule has 96 valence electrons. The van der Waals surface area contributed by atoms with E-state index in [0.717, 1.165) is 16.5 Å². The van der Waals surface area contributed by atoms with Gasteiger partial charge >= 0.3 is 0 Å². The van der Waals surface area contributed by atoms with Gasteiger partial charge in [0.05, 0.1) is 10.0 Å². The van der Waals surface area contributed by atoms with Crippen LogP contribution >= 0.6 is 34.8 Å². The quantitative estimate of drug-likeness (QED) is 0.572. The largest absolute Gasteiger partial charge is 0.507 e. The van der Waals surface area contributed by atoms with Crippen LogP contribution in [0.3, 0.4) is 0 Å². The lowest BCUT2D eigenvalue weighted by atomic mass is 10.0. The van der Waals surface area contributed by atoms with Gasteiger partial charge in [-0.3, -0.25) is 0 Å². The van der Waals surface area contributed by atoms with E-state index in [1.165, 1.54) is 0 Å². The normalized spacial score (nSPS) is 11.1. The Kier molecular flexibility index (Phi) is 3.09. The second-order valence-electron chi connectivity index (χ2n) is 4.18. The first-order valence-electron chi connectivity index (χ1n) is 5.51. The highest BCUT2D eigenvalue weighted by Gasteiger charge is 2.12. The molecule has 0 aliphatic rings. The van der Waals surface area contributed by atoms with Crippen LogP contribution in [0.25, 0.3) is 22.0 Å². The van der Waals surface area contributed by atoms with Gasteiger partial charge in [0.25, 0.3) is 0 Å². The number of halogens is 3. The van der Waals surface area contributed by atoms with Gasteiger partial charge in [-0.05, 0) is 35.9 Å². The summed E-state index contributed by atoms with van der Waals surface area (Å²) in [4.78, 5) is 3.05. The monoisotopic (exact) mass is 311 g/mol. The standard InChI is InChI=1S/C14H8Cl3NO/c15-8-5-10(14(17)11(16)6-8)7-3-12-9(1-2-18-12)13(19)4-7/h1-6,18-19H. The second kappa shape index (κ2) is 4.64. The third kappa shape index (κ3) is 2.16. The Hall–Kier alpha value is -1.35. The summed E-state index contributed by atoms with van der Waals surface area (Å²) in [6, 6.07) is 8.65. The van der Waals surface area contributed by atoms with Crippen molar-refractivity contribution in [3.63, 3.8) is 0 Å². The van der Waals surface area contributed by atoms with Gasteiger partial charge in [-0.2, -0.15) is 0 Å². The Bertz CT molecular complexity index is 780. The molecule has 2 N–H and O–H groups in total. The van der Waals surface area contributed by atoms with Crippen LogP contribution in [0.1, 0.15) is 0 Å². The molecule has 2 nitrogen and oxygen atoms in total. The fourth-order valence-corrected chi connectivity index (χ4v) is 2.78. The number of aromatic hydroxyl groups is 1. The second-order valence-corrected chi connectivity index (χ2v) is 5.41. The number of hydrogen-bond acceptors (Lipinski definition) is 1. The maximum Gasteiger partial charge on any atom is 0.125 e. The molecule has 0 atom stereocenters. The topological polar surface area (TPSA) is 36.0 Å². The number of aromatic nitrogens is 1. The fourth-order valence-electron chi connectivity index (χ4n) is 2.07. The molecule has 3 aromatic rings. The zero-order chi connectivity index (χ0) is 13.6. The summed E-state index contributed by atoms with van der Waals surface area (Å²) in [5, 5.41) is 12.1. The molecule has 0 amide bonds. The Morgan fingerprint density at radius 2 is 1.79 bits per heavy atom. The van der Waals surface area contributed by atoms with E-state index < -0.39 is 0 Å². The van der Waals surface area contributed by atoms with Gasteiger partial charge in [0.1, 0.15) is 5.75 Å². The van der Waals surface area contributed by atoms with Crippen LogP contribution in [0, 0.1) is 0 Å². The molecule has 0 radical (unpaired) electrons. The molecule has 0 aliphatic carbocycles. The highest BCUT2D eigenvalue weighted by Crippen LogP contribution is 2.39. The SMILES string of the molecule is Oc1cc(-c2cc(Cl)cc(Cl)c2Cl)cc2[nH]ccc12. The molecule has 3 rings (SSSR count). The lowest BCUT2D eigenvalue weighted by Gasteiger charge is -2.08. The Morgan fingerprint density at radius 1 is 1.00 bits per heavy atom. The first-order valence-corrected chi connectivity index (χ1v) is 6.64. The van der Waals surface area contributed by atoms with Crippen molar-refractivity contribution in [3.8, 4) is 16.9 Å². The molecule has 0 aliphatic heterocycles. The van der Waals surface area contributed by atoms with E-state index in [0.29, 0.717) is 20.6 Å². The summed E-state index contributed by atoms with van der Waals surface area (Å²) < 4.78 is 0. The Morgan fingerprint density at radius 3 is 2.58 bits per heavy atom. The first kappa shape index (κ1) is 12.7. The smallest absolute Gasteiger partial charge is 0.125 e. The van der Waals surface area contributed by atoms with E-state index in [4.69, 9.17) is 34.8 Å². The number of benzene rings is 2. The maximum atomic E-state index is 10.0. The number of fused-ring (bicyclic) bond motifs is 1. The summed E-state index contributed by atoms with van der Waals surface area (Å²) in [7, 11) is 0. The Labute approximate surface area is 124 Å². The molecule has 0 saturated carbocycles. The maximum absolute atomic E-state index is 10.0. The first-order chi connectivity index (χ1) is 9.06. The summed E-state index contributed by atoms with van der Waals surface area (Å²) in [5.41, 5.74) is 2.26. The summed E-state index contributed by atoms with van der Waals surface area (Å²) in [5.74, 6) is 0.181. The van der Waals surface area contributed by atoms with Crippen LogP contribution in [0.15, 0.2) is 36.5 Å². The molecule has 0 unspecified atom stereocenters. The van der Waals surface area contributed by atoms with Crippen LogP contribution in [0.4, 0.5) is 0 Å². The molecule has 2 aromatic carbocycles. The fraction of sp³-hybridized carbons (Fsp3) is 0. The molecule has 1 heterocycles. The average molecular weight is 313 g/mol. The third-order valence-electron chi connectivity index (χ3n) is 2.95. The van der Waals surface area contributed by atoms with E-state index in [1.54, 1.807) is 30.5 Å². The molecule has 5 heteroatoms. The highest BCUT2D eigenvalue weighted by molar-refractivity contribution is 6.45. The van der Waals surface area contributed by atoms with Crippen molar-refractivity contribution in [1.82, 2.24) is 4.98 Å². The van der Waals surface area contributed by atoms with Crippen LogP contribution in [0.5, 0.6) is 5.75 Å². The van der Waals surface area contributed by atoms with Gasteiger partial charge in [0.15, 0.2) is 0 Å². The molecule has 0 bridgehead atoms. The predicted molar refractivity (Wildman–Crippen MR) is 80.4 cm³/mol. The number of aromatic amines is 1. The molecule has 0 fully saturated rings. The molecular weight excluding hydrogens is 305 g/mol. The average Bonchev–Trinajstić information content (AvgIpc) is 2.82. The van der Waals surface area contributed by atoms with E-state index >= 15 is 0 Å². The number of rotatable bonds is 1. The van der Waals surface area contributed by atoms with Gasteiger partial charge in [-0.1, -0.05) is 34.8 Å². The van der Waals surface area contributed by atoms with Crippen molar-refractivity contribution in [2.24, 2.45) is 0 Å². The van der Waals surface area contributed by atoms with Crippen LogP contribution < -0.4 is 0 Å². The molecular formula is C14H8Cl3NO. The van der Waals surface area contributed by atoms with Gasteiger partial charge in [-0.25, -0.2) is 0 Å². The summed E-state index contributed by atoms with van der Waals surface area (Å²) in [6.07, 6.45) is 1.76. The lowest BCUT2D eigenvalue weighted by Crippen LogP contribution is -1.83. The van der Waals surface area contributed by atoms with Crippen LogP contribution in [0.2, 0.25) is 15.1 Å². The van der Waals surface area contributed by atoms with Crippen molar-refractivity contribution in [3.05, 3.63) is 51.6 Å². The van der Waals surface area contributed by atoms with Crippen molar-refractivity contribution in [2.75, 3.05) is 0 Å². The minimum atomic E-state index is 0.181. The number of phenolic OH excluding ortho intramolecular Hbond substituents is 1. The van der Waals surface area contributed by atoms with Gasteiger partial charge in [-0.15, -0.1) is 0 Å². The predicted octanol–water partition coefficient (Wildman–Crippen LogP) is 5.50. The van der Waals surface area contributed by atoms with Crippen LogP contribution in [-0.4, -0.2) is 10.1 Å². The van der Waals surface area contributed by atoms with E-state index in [1.807, 2.05) is 6.07 Å². The van der Waals surface area contributed by atoms with E-state index in [-0.39, 0.29) is 5.75 Å². The third-order valence-corrected chi connectivity index (χ3v) is 3.97. The van der Waals surface area contributed by atoms with Crippen molar-refractivity contribution in [2.45, 2.75) is 0 Å². The van der Waals surface area contributed by atoms with E-state index in [9.17, 15) is 5.11 Å². The molecule has 0 spiro atoms. The Balaban J connectivity index is 2.30. The number of phenols is 1. The van der Waals surface area contributed by atoms with Gasteiger partial charge < -0.3 is 10.1 Å². The zero-order valence-electron chi connectivity index (χ0n) is 9.55. The number of nitrogens with one attached hydrogen (secondary N) is 1. The van der Waals surface area contributed by atoms with Gasteiger partial charge in [0, 0.05) is 27.7 Å². The van der Waals surface area contributed by atoms with Crippen molar-refractivity contribution in [1.29, 1.82) is 0 Å². The summed E-state index contributed by atoms with van der Waals surface area (Å²) >= 11 is 18.2. The minimum absolute atomic E-state index is 0.181. The van der Waals surface area contributed by atoms with E-state index in [2.05, 4.69) is 4.98 Å². The number of hydrogen-bond donors (Lipinski definition) is 2. The zero-order valence-corrected chi connectivity index (χ0v) is 11.8. The lowest BCUT2D eigenvalue weighted by molar-refractivity contribution is 0.482. The van der Waals surface area contributed by atoms with Crippen molar-refractivity contribution >= 4 is 45.7 Å².